The van der Waals surface area contributed by atoms with E-state index >= 15 is 0 Å². The van der Waals surface area contributed by atoms with Gasteiger partial charge in [0.2, 0.25) is 12.7 Å². The molecule has 0 bridgehead atoms. The Balaban J connectivity index is 1.76. The standard InChI is InChI=1S/C14H18N2O3/c1-2-14(6-3-7-15-14)13(17)16-10-4-5-11-12(8-10)19-9-18-11/h4-5,8,15H,2-3,6-7,9H2,1H3,(H,16,17). The van der Waals surface area contributed by atoms with Crippen molar-refractivity contribution < 1.29 is 14.3 Å². The first-order valence-electron chi connectivity index (χ1n) is 6.70. The highest BCUT2D eigenvalue weighted by Gasteiger charge is 2.39. The van der Waals surface area contributed by atoms with E-state index in [9.17, 15) is 4.79 Å². The topological polar surface area (TPSA) is 59.6 Å². The molecule has 5 heteroatoms. The molecule has 2 aliphatic heterocycles. The molecule has 0 aliphatic carbocycles. The smallest absolute Gasteiger partial charge is 0.244 e. The molecule has 5 nitrogen and oxygen atoms in total. The van der Waals surface area contributed by atoms with Crippen LogP contribution in [0, 0.1) is 0 Å². The maximum Gasteiger partial charge on any atom is 0.244 e. The lowest BCUT2D eigenvalue weighted by molar-refractivity contribution is -0.122. The fourth-order valence-electron chi connectivity index (χ4n) is 2.69. The summed E-state index contributed by atoms with van der Waals surface area (Å²) in [6.45, 7) is 3.19. The summed E-state index contributed by atoms with van der Waals surface area (Å²) in [6, 6.07) is 5.46. The summed E-state index contributed by atoms with van der Waals surface area (Å²) in [5.74, 6) is 1.44. The summed E-state index contributed by atoms with van der Waals surface area (Å²) >= 11 is 0. The first kappa shape index (κ1) is 12.3. The summed E-state index contributed by atoms with van der Waals surface area (Å²) in [7, 11) is 0. The maximum atomic E-state index is 12.4. The van der Waals surface area contributed by atoms with Gasteiger partial charge in [-0.15, -0.1) is 0 Å². The molecule has 102 valence electrons. The van der Waals surface area contributed by atoms with Gasteiger partial charge in [0.1, 0.15) is 0 Å². The van der Waals surface area contributed by atoms with E-state index in [2.05, 4.69) is 10.6 Å². The van der Waals surface area contributed by atoms with Crippen LogP contribution in [0.25, 0.3) is 0 Å². The minimum absolute atomic E-state index is 0.0337. The normalized spacial score (nSPS) is 24.5. The minimum atomic E-state index is -0.420. The third-order valence-corrected chi connectivity index (χ3v) is 3.91. The third-order valence-electron chi connectivity index (χ3n) is 3.91. The van der Waals surface area contributed by atoms with Crippen LogP contribution < -0.4 is 20.1 Å². The van der Waals surface area contributed by atoms with Gasteiger partial charge < -0.3 is 20.1 Å². The number of hydrogen-bond donors (Lipinski definition) is 2. The number of carbonyl (C=O) groups is 1. The molecule has 0 aromatic heterocycles. The van der Waals surface area contributed by atoms with Crippen LogP contribution in [-0.4, -0.2) is 24.8 Å². The van der Waals surface area contributed by atoms with E-state index in [4.69, 9.17) is 9.47 Å². The Bertz CT molecular complexity index is 495. The second-order valence-electron chi connectivity index (χ2n) is 4.99. The van der Waals surface area contributed by atoms with Crippen LogP contribution in [0.4, 0.5) is 5.69 Å². The van der Waals surface area contributed by atoms with Crippen molar-refractivity contribution in [1.82, 2.24) is 5.32 Å². The van der Waals surface area contributed by atoms with Gasteiger partial charge in [0.15, 0.2) is 11.5 Å². The van der Waals surface area contributed by atoms with Crippen LogP contribution in [0.1, 0.15) is 26.2 Å². The quantitative estimate of drug-likeness (QED) is 0.873. The van der Waals surface area contributed by atoms with Gasteiger partial charge in [0, 0.05) is 11.8 Å². The molecule has 1 aromatic rings. The van der Waals surface area contributed by atoms with Crippen LogP contribution >= 0.6 is 0 Å². The number of benzene rings is 1. The van der Waals surface area contributed by atoms with Gasteiger partial charge >= 0.3 is 0 Å². The van der Waals surface area contributed by atoms with E-state index in [-0.39, 0.29) is 12.7 Å². The second kappa shape index (κ2) is 4.74. The van der Waals surface area contributed by atoms with Crippen LogP contribution in [0.3, 0.4) is 0 Å². The van der Waals surface area contributed by atoms with Crippen molar-refractivity contribution in [3.05, 3.63) is 18.2 Å². The van der Waals surface area contributed by atoms with E-state index < -0.39 is 5.54 Å². The van der Waals surface area contributed by atoms with Crippen molar-refractivity contribution in [1.29, 1.82) is 0 Å². The van der Waals surface area contributed by atoms with E-state index in [1.54, 1.807) is 6.07 Å². The fraction of sp³-hybridized carbons (Fsp3) is 0.500. The molecule has 2 heterocycles. The lowest BCUT2D eigenvalue weighted by Gasteiger charge is -2.26. The molecule has 0 saturated carbocycles. The van der Waals surface area contributed by atoms with Crippen LogP contribution in [-0.2, 0) is 4.79 Å². The van der Waals surface area contributed by atoms with E-state index in [1.807, 2.05) is 19.1 Å². The number of hydrogen-bond acceptors (Lipinski definition) is 4. The molecule has 2 aliphatic rings. The number of rotatable bonds is 3. The highest BCUT2D eigenvalue weighted by molar-refractivity contribution is 5.98. The highest BCUT2D eigenvalue weighted by Crippen LogP contribution is 2.34. The average molecular weight is 262 g/mol. The molecule has 3 rings (SSSR count). The third kappa shape index (κ3) is 2.14. The monoisotopic (exact) mass is 262 g/mol. The zero-order valence-electron chi connectivity index (χ0n) is 11.0. The molecular formula is C14H18N2O3. The Hall–Kier alpha value is -1.75. The van der Waals surface area contributed by atoms with Crippen molar-refractivity contribution in [3.8, 4) is 11.5 Å². The highest BCUT2D eigenvalue weighted by atomic mass is 16.7. The minimum Gasteiger partial charge on any atom is -0.454 e. The molecule has 19 heavy (non-hydrogen) atoms. The summed E-state index contributed by atoms with van der Waals surface area (Å²) in [5.41, 5.74) is 0.326. The number of nitrogens with one attached hydrogen (secondary N) is 2. The molecule has 0 spiro atoms. The zero-order chi connectivity index (χ0) is 13.3. The average Bonchev–Trinajstić information content (AvgIpc) is 3.07. The maximum absolute atomic E-state index is 12.4. The van der Waals surface area contributed by atoms with Crippen molar-refractivity contribution >= 4 is 11.6 Å². The van der Waals surface area contributed by atoms with E-state index in [1.165, 1.54) is 0 Å². The molecule has 1 saturated heterocycles. The first-order chi connectivity index (χ1) is 9.23. The molecule has 1 unspecified atom stereocenters. The molecular weight excluding hydrogens is 244 g/mol. The van der Waals surface area contributed by atoms with Crippen LogP contribution in [0.5, 0.6) is 11.5 Å². The number of ether oxygens (including phenoxy) is 2. The van der Waals surface area contributed by atoms with Gasteiger partial charge in [-0.2, -0.15) is 0 Å². The summed E-state index contributed by atoms with van der Waals surface area (Å²) in [5, 5.41) is 6.29. The lowest BCUT2D eigenvalue weighted by Crippen LogP contribution is -2.50. The summed E-state index contributed by atoms with van der Waals surface area (Å²) in [4.78, 5) is 12.4. The van der Waals surface area contributed by atoms with Crippen molar-refractivity contribution in [3.63, 3.8) is 0 Å². The number of carbonyl (C=O) groups excluding carboxylic acids is 1. The fourth-order valence-corrected chi connectivity index (χ4v) is 2.69. The Morgan fingerprint density at radius 2 is 2.26 bits per heavy atom. The van der Waals surface area contributed by atoms with Gasteiger partial charge in [-0.1, -0.05) is 6.92 Å². The molecule has 1 atom stereocenters. The number of anilines is 1. The predicted octanol–water partition coefficient (Wildman–Crippen LogP) is 1.89. The zero-order valence-corrected chi connectivity index (χ0v) is 11.0. The Labute approximate surface area is 112 Å². The molecule has 1 amide bonds. The molecule has 1 fully saturated rings. The largest absolute Gasteiger partial charge is 0.454 e. The number of fused-ring (bicyclic) bond motifs is 1. The SMILES string of the molecule is CCC1(C(=O)Nc2ccc3c(c2)OCO3)CCCN1. The van der Waals surface area contributed by atoms with Crippen molar-refractivity contribution in [2.75, 3.05) is 18.7 Å². The summed E-state index contributed by atoms with van der Waals surface area (Å²) < 4.78 is 10.6. The second-order valence-corrected chi connectivity index (χ2v) is 4.99. The summed E-state index contributed by atoms with van der Waals surface area (Å²) in [6.07, 6.45) is 2.73. The van der Waals surface area contributed by atoms with Crippen molar-refractivity contribution in [2.45, 2.75) is 31.7 Å². The molecule has 0 radical (unpaired) electrons. The lowest BCUT2D eigenvalue weighted by atomic mass is 9.93. The van der Waals surface area contributed by atoms with Gasteiger partial charge in [-0.25, -0.2) is 0 Å². The van der Waals surface area contributed by atoms with Gasteiger partial charge in [0.25, 0.3) is 0 Å². The molecule has 1 aromatic carbocycles. The van der Waals surface area contributed by atoms with E-state index in [0.29, 0.717) is 5.75 Å². The van der Waals surface area contributed by atoms with Gasteiger partial charge in [0.05, 0.1) is 5.54 Å². The van der Waals surface area contributed by atoms with Crippen molar-refractivity contribution in [2.24, 2.45) is 0 Å². The van der Waals surface area contributed by atoms with Gasteiger partial charge in [-0.3, -0.25) is 4.79 Å². The number of amides is 1. The van der Waals surface area contributed by atoms with Gasteiger partial charge in [-0.05, 0) is 37.9 Å². The molecule has 2 N–H and O–H groups in total. The van der Waals surface area contributed by atoms with Crippen LogP contribution in [0.15, 0.2) is 18.2 Å². The Kier molecular flexibility index (Phi) is 3.06. The Morgan fingerprint density at radius 3 is 3.00 bits per heavy atom. The first-order valence-corrected chi connectivity index (χ1v) is 6.70. The van der Waals surface area contributed by atoms with E-state index in [0.717, 1.165) is 37.2 Å². The Morgan fingerprint density at radius 1 is 1.42 bits per heavy atom. The predicted molar refractivity (Wildman–Crippen MR) is 71.5 cm³/mol. The van der Waals surface area contributed by atoms with Crippen LogP contribution in [0.2, 0.25) is 0 Å².